The van der Waals surface area contributed by atoms with Gasteiger partial charge in [0.2, 0.25) is 5.91 Å². The van der Waals surface area contributed by atoms with Crippen LogP contribution in [0.2, 0.25) is 0 Å². The number of nitrogens with one attached hydrogen (secondary N) is 1. The van der Waals surface area contributed by atoms with E-state index in [0.29, 0.717) is 11.3 Å². The Morgan fingerprint density at radius 2 is 2.00 bits per heavy atom. The van der Waals surface area contributed by atoms with Gasteiger partial charge in [-0.05, 0) is 26.0 Å². The Balaban J connectivity index is 2.13. The molecule has 0 aliphatic carbocycles. The first-order valence-electron chi connectivity index (χ1n) is 5.89. The van der Waals surface area contributed by atoms with Crippen LogP contribution in [-0.2, 0) is 9.59 Å². The molecule has 0 spiro atoms. The van der Waals surface area contributed by atoms with Crippen LogP contribution in [0.3, 0.4) is 0 Å². The van der Waals surface area contributed by atoms with Crippen LogP contribution in [0.1, 0.15) is 20.3 Å². The van der Waals surface area contributed by atoms with Crippen LogP contribution >= 0.6 is 0 Å². The van der Waals surface area contributed by atoms with Gasteiger partial charge in [-0.25, -0.2) is 0 Å². The number of carbonyl (C=O) groups excluding carboxylic acids is 1. The van der Waals surface area contributed by atoms with Gasteiger partial charge in [0, 0.05) is 11.8 Å². The highest BCUT2D eigenvalue weighted by Crippen LogP contribution is 2.27. The number of hydrogen-bond donors (Lipinski definition) is 2. The van der Waals surface area contributed by atoms with Crippen molar-refractivity contribution in [1.29, 1.82) is 0 Å². The summed E-state index contributed by atoms with van der Waals surface area (Å²) in [6.45, 7) is 3.03. The summed E-state index contributed by atoms with van der Waals surface area (Å²) in [5.41, 5.74) is 0.140. The molecule has 0 bridgehead atoms. The second-order valence-corrected chi connectivity index (χ2v) is 5.06. The van der Waals surface area contributed by atoms with Crippen molar-refractivity contribution < 1.29 is 19.1 Å². The van der Waals surface area contributed by atoms with Crippen LogP contribution in [0.4, 0.5) is 5.69 Å². The van der Waals surface area contributed by atoms with Crippen molar-refractivity contribution in [1.82, 2.24) is 0 Å². The maximum atomic E-state index is 11.9. The number of carbonyl (C=O) groups is 2. The third kappa shape index (κ3) is 2.76. The maximum Gasteiger partial charge on any atom is 0.309 e. The number of benzene rings is 1. The highest BCUT2D eigenvalue weighted by Gasteiger charge is 2.30. The van der Waals surface area contributed by atoms with Crippen molar-refractivity contribution in [3.05, 3.63) is 30.5 Å². The molecule has 0 aliphatic heterocycles. The summed E-state index contributed by atoms with van der Waals surface area (Å²) in [5, 5.41) is 12.5. The molecule has 1 aromatic carbocycles. The van der Waals surface area contributed by atoms with Gasteiger partial charge in [-0.3, -0.25) is 9.59 Å². The number of rotatable bonds is 4. The Labute approximate surface area is 110 Å². The van der Waals surface area contributed by atoms with Gasteiger partial charge in [0.15, 0.2) is 0 Å². The van der Waals surface area contributed by atoms with Crippen LogP contribution in [0.25, 0.3) is 11.0 Å². The molecule has 1 aromatic heterocycles. The molecule has 19 heavy (non-hydrogen) atoms. The number of carboxylic acid groups (broad SMARTS) is 1. The number of hydrogen-bond acceptors (Lipinski definition) is 3. The monoisotopic (exact) mass is 261 g/mol. The van der Waals surface area contributed by atoms with Crippen LogP contribution in [0.15, 0.2) is 34.9 Å². The molecule has 100 valence electrons. The van der Waals surface area contributed by atoms with Crippen LogP contribution in [0, 0.1) is 5.41 Å². The Kier molecular flexibility index (Phi) is 3.29. The van der Waals surface area contributed by atoms with E-state index in [1.54, 1.807) is 6.07 Å². The summed E-state index contributed by atoms with van der Waals surface area (Å²) in [5.74, 6) is -1.35. The Hall–Kier alpha value is -2.30. The molecule has 0 fully saturated rings. The molecular formula is C14H15NO4. The molecule has 1 heterocycles. The Morgan fingerprint density at radius 3 is 2.68 bits per heavy atom. The average Bonchev–Trinajstić information content (AvgIpc) is 2.72. The number of fused-ring (bicyclic) bond motifs is 1. The highest BCUT2D eigenvalue weighted by molar-refractivity contribution is 6.01. The maximum absolute atomic E-state index is 11.9. The van der Waals surface area contributed by atoms with E-state index in [4.69, 9.17) is 9.52 Å². The summed E-state index contributed by atoms with van der Waals surface area (Å²) in [7, 11) is 0. The predicted molar refractivity (Wildman–Crippen MR) is 70.9 cm³/mol. The van der Waals surface area contributed by atoms with Crippen LogP contribution in [-0.4, -0.2) is 17.0 Å². The van der Waals surface area contributed by atoms with E-state index in [-0.39, 0.29) is 12.3 Å². The topological polar surface area (TPSA) is 79.5 Å². The number of carboxylic acids is 1. The molecule has 2 aromatic rings. The second kappa shape index (κ2) is 4.76. The molecule has 0 saturated heterocycles. The van der Waals surface area contributed by atoms with Gasteiger partial charge in [-0.1, -0.05) is 12.1 Å². The van der Waals surface area contributed by atoms with Crippen molar-refractivity contribution in [2.75, 3.05) is 5.32 Å². The van der Waals surface area contributed by atoms with Crippen molar-refractivity contribution in [2.45, 2.75) is 20.3 Å². The number of amides is 1. The molecule has 0 atom stereocenters. The van der Waals surface area contributed by atoms with E-state index < -0.39 is 11.4 Å². The van der Waals surface area contributed by atoms with E-state index in [9.17, 15) is 9.59 Å². The lowest BCUT2D eigenvalue weighted by Crippen LogP contribution is -2.29. The second-order valence-electron chi connectivity index (χ2n) is 5.06. The highest BCUT2D eigenvalue weighted by atomic mass is 16.4. The molecule has 5 heteroatoms. The minimum atomic E-state index is -1.09. The van der Waals surface area contributed by atoms with Crippen molar-refractivity contribution in [3.8, 4) is 0 Å². The molecule has 5 nitrogen and oxygen atoms in total. The van der Waals surface area contributed by atoms with Crippen molar-refractivity contribution >= 4 is 28.5 Å². The molecule has 0 aliphatic rings. The molecule has 1 amide bonds. The smallest absolute Gasteiger partial charge is 0.309 e. The number of anilines is 1. The number of furan rings is 1. The summed E-state index contributed by atoms with van der Waals surface area (Å²) in [6.07, 6.45) is 1.36. The standard InChI is InChI=1S/C14H15NO4/c1-14(2,13(17)18)7-12(16)15-10-8-19-11-6-4-3-5-9(10)11/h3-6,8H,7H2,1-2H3,(H,15,16)(H,17,18). The zero-order valence-electron chi connectivity index (χ0n) is 10.8. The normalized spacial score (nSPS) is 11.5. The van der Waals surface area contributed by atoms with Gasteiger partial charge in [-0.15, -0.1) is 0 Å². The SMILES string of the molecule is CC(C)(CC(=O)Nc1coc2ccccc12)C(=O)O. The van der Waals surface area contributed by atoms with Gasteiger partial charge < -0.3 is 14.8 Å². The molecule has 2 N–H and O–H groups in total. The van der Waals surface area contributed by atoms with Crippen molar-refractivity contribution in [2.24, 2.45) is 5.41 Å². The number of para-hydroxylation sites is 1. The zero-order chi connectivity index (χ0) is 14.0. The summed E-state index contributed by atoms with van der Waals surface area (Å²) in [4.78, 5) is 22.8. The fraction of sp³-hybridized carbons (Fsp3) is 0.286. The van der Waals surface area contributed by atoms with Crippen molar-refractivity contribution in [3.63, 3.8) is 0 Å². The fourth-order valence-electron chi connectivity index (χ4n) is 1.75. The summed E-state index contributed by atoms with van der Waals surface area (Å²) >= 11 is 0. The van der Waals surface area contributed by atoms with E-state index in [1.807, 2.05) is 18.2 Å². The average molecular weight is 261 g/mol. The molecule has 0 unspecified atom stereocenters. The van der Waals surface area contributed by atoms with E-state index in [0.717, 1.165) is 5.39 Å². The van der Waals surface area contributed by atoms with Gasteiger partial charge in [0.1, 0.15) is 11.8 Å². The first kappa shape index (κ1) is 13.1. The van der Waals surface area contributed by atoms with Crippen LogP contribution in [0.5, 0.6) is 0 Å². The van der Waals surface area contributed by atoms with Gasteiger partial charge >= 0.3 is 5.97 Å². The minimum Gasteiger partial charge on any atom is -0.481 e. The van der Waals surface area contributed by atoms with Gasteiger partial charge in [0.05, 0.1) is 11.1 Å². The molecule has 0 radical (unpaired) electrons. The first-order valence-corrected chi connectivity index (χ1v) is 5.89. The fourth-order valence-corrected chi connectivity index (χ4v) is 1.75. The lowest BCUT2D eigenvalue weighted by Gasteiger charge is -2.17. The summed E-state index contributed by atoms with van der Waals surface area (Å²) < 4.78 is 5.30. The van der Waals surface area contributed by atoms with E-state index in [2.05, 4.69) is 5.32 Å². The van der Waals surface area contributed by atoms with E-state index >= 15 is 0 Å². The first-order chi connectivity index (χ1) is 8.90. The van der Waals surface area contributed by atoms with Gasteiger partial charge in [-0.2, -0.15) is 0 Å². The third-order valence-electron chi connectivity index (χ3n) is 2.94. The summed E-state index contributed by atoms with van der Waals surface area (Å²) in [6, 6.07) is 7.31. The number of aliphatic carboxylic acids is 1. The van der Waals surface area contributed by atoms with Gasteiger partial charge in [0.25, 0.3) is 0 Å². The van der Waals surface area contributed by atoms with Crippen LogP contribution < -0.4 is 5.32 Å². The Morgan fingerprint density at radius 1 is 1.32 bits per heavy atom. The molecular weight excluding hydrogens is 246 g/mol. The zero-order valence-corrected chi connectivity index (χ0v) is 10.8. The third-order valence-corrected chi connectivity index (χ3v) is 2.94. The molecule has 2 rings (SSSR count). The molecule has 0 saturated carbocycles. The lowest BCUT2D eigenvalue weighted by atomic mass is 9.89. The Bertz CT molecular complexity index is 627. The minimum absolute atomic E-state index is 0.0954. The largest absolute Gasteiger partial charge is 0.481 e. The quantitative estimate of drug-likeness (QED) is 0.886. The predicted octanol–water partition coefficient (Wildman–Crippen LogP) is 2.87. The van der Waals surface area contributed by atoms with E-state index in [1.165, 1.54) is 20.1 Å². The lowest BCUT2D eigenvalue weighted by molar-refractivity contribution is -0.148.